The van der Waals surface area contributed by atoms with Gasteiger partial charge in [-0.2, -0.15) is 0 Å². The maximum Gasteiger partial charge on any atom is 0.388 e. The molecule has 668 valence electrons. The van der Waals surface area contributed by atoms with E-state index in [0.717, 1.165) is 25.9 Å². The quantitative estimate of drug-likeness (QED) is 0.0336. The molecule has 0 N–H and O–H groups in total. The van der Waals surface area contributed by atoms with E-state index in [2.05, 4.69) is 342 Å². The van der Waals surface area contributed by atoms with Gasteiger partial charge < -0.3 is 57.6 Å². The van der Waals surface area contributed by atoms with Crippen molar-refractivity contribution < 1.29 is 57.6 Å². The van der Waals surface area contributed by atoms with Crippen LogP contribution in [0.3, 0.4) is 0 Å². The van der Waals surface area contributed by atoms with E-state index in [9.17, 15) is 0 Å². The second-order valence-electron chi connectivity index (χ2n) is 37.9. The van der Waals surface area contributed by atoms with Gasteiger partial charge in [0.1, 0.15) is 0 Å². The summed E-state index contributed by atoms with van der Waals surface area (Å²) in [5.74, 6) is 0. The van der Waals surface area contributed by atoms with Crippen molar-refractivity contribution in [1.82, 2.24) is 0 Å². The summed E-state index contributed by atoms with van der Waals surface area (Å²) in [5.41, 5.74) is 19.4. The molecule has 0 aliphatic rings. The topological polar surface area (TPSA) is 129 Å². The lowest BCUT2D eigenvalue weighted by Crippen LogP contribution is -2.71. The van der Waals surface area contributed by atoms with E-state index < -0.39 is 160 Å². The monoisotopic (exact) mass is 1970 g/mol. The number of rotatable bonds is 44. The van der Waals surface area contributed by atoms with Gasteiger partial charge in [0.25, 0.3) is 0 Å². The molecule has 0 spiro atoms. The Morgan fingerprint density at radius 1 is 0.165 bits per heavy atom. The normalized spacial score (nSPS) is 15.4. The van der Waals surface area contributed by atoms with Crippen LogP contribution >= 0.6 is 0 Å². The first-order valence-corrected chi connectivity index (χ1v) is 93.9. The summed E-state index contributed by atoms with van der Waals surface area (Å²) in [4.78, 5) is 0. The van der Waals surface area contributed by atoms with Gasteiger partial charge in [-0.05, 0) is 241 Å². The van der Waals surface area contributed by atoms with E-state index >= 15 is 0 Å². The highest BCUT2D eigenvalue weighted by Gasteiger charge is 2.54. The molecule has 0 bridgehead atoms. The van der Waals surface area contributed by atoms with Gasteiger partial charge in [-0.25, -0.2) is 0 Å². The summed E-state index contributed by atoms with van der Waals surface area (Å²) in [6.07, 6.45) is 0. The molecule has 121 heavy (non-hydrogen) atoms. The van der Waals surface area contributed by atoms with Crippen LogP contribution in [0.25, 0.3) is 0 Å². The minimum absolute atomic E-state index is 1.09. The van der Waals surface area contributed by atoms with Crippen molar-refractivity contribution in [2.75, 3.05) is 0 Å². The molecule has 0 saturated heterocycles. The average molecular weight is 1970 g/mol. The standard InChI is InChI=1S/C22H34O3Si4.C18H32O3Si4.C17H32O3Si4.C16H32O3Si4.C15H26O2Si3/c1-9-26(3,4)23-28(7,8)25-29(24-27(5,6)10-2,21-17-13-11-14-18-21)22-19-15-12-16-20-22;1-10-22(4,5)19-24(8,12-3)21-25(9,20-23(6,7)11-2)18-16-14-13-15-17-18;1-10-21(3,4)18-23(7,8)20-24(9,19-22(5,6)11-2)17-15-13-12-14-16-17;1-10-22(8,17-20(2,3)4)19-23(9,18-21(5,6)7)16-14-12-11-13-15-16;1-8-18(3,4)16-20(7,17-19(5,6)9-2)15-13-11-10-12-14-15/h9-20H,1-2H2,3-8H3;10-17H,1-3H2,4-9H3;10-16H,1-2H2,3-9H3;10-15H,1H2,2-9H3;8-14H,1-2H2,3-7H3. The Morgan fingerprint density at radius 3 is 0.579 bits per heavy atom. The predicted octanol–water partition coefficient (Wildman–Crippen LogP) is 22.4. The molecule has 33 heteroatoms. The average Bonchev–Trinajstić information content (AvgIpc) is 0.637. The van der Waals surface area contributed by atoms with Crippen LogP contribution in [-0.4, -0.2) is 160 Å². The van der Waals surface area contributed by atoms with Crippen LogP contribution in [0.4, 0.5) is 0 Å². The molecule has 6 aromatic carbocycles. The Labute approximate surface area is 756 Å². The third-order valence-electron chi connectivity index (χ3n) is 18.5. The van der Waals surface area contributed by atoms with Crippen molar-refractivity contribution in [1.29, 1.82) is 0 Å². The van der Waals surface area contributed by atoms with Crippen LogP contribution in [-0.2, 0) is 57.6 Å². The Kier molecular flexibility index (Phi) is 43.6. The first kappa shape index (κ1) is 113. The van der Waals surface area contributed by atoms with E-state index in [1.165, 1.54) is 5.19 Å². The highest BCUT2D eigenvalue weighted by Crippen LogP contribution is 2.32. The molecule has 0 radical (unpaired) electrons. The largest absolute Gasteiger partial charge is 0.434 e. The summed E-state index contributed by atoms with van der Waals surface area (Å²) in [5, 5.41) is 6.74. The van der Waals surface area contributed by atoms with E-state index in [1.54, 1.807) is 0 Å². The number of hydrogen-bond acceptors (Lipinski definition) is 14. The minimum atomic E-state index is -3.04. The second kappa shape index (κ2) is 46.5. The van der Waals surface area contributed by atoms with Gasteiger partial charge in [0.05, 0.1) is 0 Å². The summed E-state index contributed by atoms with van der Waals surface area (Å²) >= 11 is 0. The van der Waals surface area contributed by atoms with Crippen molar-refractivity contribution in [3.05, 3.63) is 305 Å². The molecule has 6 rings (SSSR count). The SMILES string of the molecule is C=C[Si](C)(C)O[Si](C)(C)O[Si](C)(O[Si](C)(C)C=C)c1ccccc1.C=C[Si](C)(C)O[Si](C)(C)O[Si](O[Si](C)(C)C=C)(c1ccccc1)c1ccccc1.C=C[Si](C)(C)O[Si](C)(C=C)O[Si](C)(O[Si](C)(C)C=C)c1ccccc1.C=C[Si](C)(C)O[Si](C)(O[Si](C)(C)C=C)c1ccccc1.C=C[Si](C)(O[Si](C)(C)C)O[Si](C)(O[Si](C)(C)C)c1ccccc1. The zero-order chi connectivity index (χ0) is 93.1. The lowest BCUT2D eigenvalue weighted by Gasteiger charge is -2.43. The third kappa shape index (κ3) is 40.2. The molecule has 0 heterocycles. The fourth-order valence-electron chi connectivity index (χ4n) is 12.8. The molecule has 14 nitrogen and oxygen atoms in total. The molecule has 0 aromatic heterocycles. The van der Waals surface area contributed by atoms with Crippen molar-refractivity contribution in [2.45, 2.75) is 210 Å². The molecule has 6 aromatic rings. The first-order valence-electron chi connectivity index (χ1n) is 41.6. The lowest BCUT2D eigenvalue weighted by atomic mass is 10.4. The molecular weight excluding hydrogens is 1810 g/mol. The third-order valence-corrected chi connectivity index (χ3v) is 86.4. The van der Waals surface area contributed by atoms with Crippen LogP contribution in [0.1, 0.15) is 0 Å². The van der Waals surface area contributed by atoms with E-state index in [-0.39, 0.29) is 0 Å². The maximum absolute atomic E-state index is 7.08. The van der Waals surface area contributed by atoms with Crippen LogP contribution in [0.15, 0.2) is 305 Å². The van der Waals surface area contributed by atoms with Crippen molar-refractivity contribution >= 4 is 191 Å². The number of hydrogen-bond donors (Lipinski definition) is 0. The Morgan fingerprint density at radius 2 is 0.347 bits per heavy atom. The molecule has 0 aliphatic heterocycles. The van der Waals surface area contributed by atoms with Gasteiger partial charge >= 0.3 is 77.0 Å². The van der Waals surface area contributed by atoms with Crippen molar-refractivity contribution in [3.8, 4) is 0 Å². The Hall–Kier alpha value is -3.72. The van der Waals surface area contributed by atoms with Gasteiger partial charge in [-0.1, -0.05) is 239 Å². The molecule has 0 aliphatic carbocycles. The number of benzene rings is 6. The Balaban J connectivity index is 0.000000515. The van der Waals surface area contributed by atoms with Gasteiger partial charge in [0.15, 0.2) is 74.9 Å². The first-order chi connectivity index (χ1) is 55.1. The molecule has 0 fully saturated rings. The van der Waals surface area contributed by atoms with Gasteiger partial charge in [-0.15, -0.1) is 65.8 Å². The molecule has 5 atom stereocenters. The summed E-state index contributed by atoms with van der Waals surface area (Å²) < 4.78 is 93.0. The summed E-state index contributed by atoms with van der Waals surface area (Å²) in [7, 11) is -43.0. The highest BCUT2D eigenvalue weighted by molar-refractivity contribution is 7.04. The van der Waals surface area contributed by atoms with Crippen LogP contribution in [0.2, 0.25) is 210 Å². The Bertz CT molecular complexity index is 4190. The highest BCUT2D eigenvalue weighted by atomic mass is 28.5. The fourth-order valence-corrected chi connectivity index (χ4v) is 87.7. The minimum Gasteiger partial charge on any atom is -0.434 e. The van der Waals surface area contributed by atoms with E-state index in [1.807, 2.05) is 173 Å². The zero-order valence-electron chi connectivity index (χ0n) is 80.4. The van der Waals surface area contributed by atoms with E-state index in [0.29, 0.717) is 0 Å². The maximum atomic E-state index is 7.08. The fraction of sp³-hybridized carbons (Fsp3) is 0.364. The second-order valence-corrected chi connectivity index (χ2v) is 109. The molecular formula is C88H156O14Si19. The summed E-state index contributed by atoms with van der Waals surface area (Å²) in [6, 6.07) is 61.8. The van der Waals surface area contributed by atoms with Crippen LogP contribution < -0.4 is 31.1 Å². The molecule has 0 amide bonds. The van der Waals surface area contributed by atoms with Gasteiger partial charge in [0.2, 0.25) is 8.32 Å². The van der Waals surface area contributed by atoms with Crippen LogP contribution in [0.5, 0.6) is 0 Å². The van der Waals surface area contributed by atoms with Crippen molar-refractivity contribution in [2.24, 2.45) is 0 Å². The van der Waals surface area contributed by atoms with Crippen LogP contribution in [0, 0.1) is 0 Å². The molecule has 0 saturated carbocycles. The van der Waals surface area contributed by atoms with E-state index in [4.69, 9.17) is 57.6 Å². The zero-order valence-corrected chi connectivity index (χ0v) is 99.4. The summed E-state index contributed by atoms with van der Waals surface area (Å²) in [6.45, 7) is 108. The predicted molar refractivity (Wildman–Crippen MR) is 571 cm³/mol. The molecule has 5 unspecified atom stereocenters. The van der Waals surface area contributed by atoms with Crippen molar-refractivity contribution in [3.63, 3.8) is 0 Å². The lowest BCUT2D eigenvalue weighted by molar-refractivity contribution is 0.338. The smallest absolute Gasteiger partial charge is 0.388 e. The van der Waals surface area contributed by atoms with Gasteiger partial charge in [0, 0.05) is 0 Å². The van der Waals surface area contributed by atoms with Gasteiger partial charge in [-0.3, -0.25) is 0 Å².